The Bertz CT molecular complexity index is 3640. The number of H-pyrrole nitrogens is 2. The number of unbranched alkanes of at least 4 members (excludes halogenated alkanes) is 1. The van der Waals surface area contributed by atoms with Gasteiger partial charge in [-0.25, -0.2) is 4.98 Å². The number of nitrogens with two attached hydrogens (primary N) is 4. The molecule has 2 fully saturated rings. The zero-order chi connectivity index (χ0) is 74.6. The van der Waals surface area contributed by atoms with E-state index in [9.17, 15) is 63.0 Å². The SMILES string of the molecule is CC(=O)N[C@@H](CS)C(=O)N[C@@H](CCC(=O)O)C(=O)N[C@@H](Cc1cnc[nH]1)C(=O)N[C@H](Cc1ccccc1)C(=O)N[C@@H](CCCN=C(N)N)C(=O)N[C@@H](Cc1c[nH]c2ccccc12)C(=O)N[C@H](CS)C(=O)N1CCC[C@H]1C(=O)N1CCC[C@H]1C(=O)N[C@@H](CCCCN)C(=O)N[C@@H](CC(=O)O)C(N)=O. The zero-order valence-corrected chi connectivity index (χ0v) is 58.0. The Balaban J connectivity index is 1.26. The topological polar surface area (TPSA) is 555 Å². The van der Waals surface area contributed by atoms with Crippen molar-refractivity contribution in [2.24, 2.45) is 27.9 Å². The number of amides is 12. The number of carbonyl (C=O) groups excluding carboxylic acids is 12. The van der Waals surface area contributed by atoms with Crippen LogP contribution in [0.4, 0.5) is 0 Å². The number of fused-ring (bicyclic) bond motifs is 1. The Morgan fingerprint density at radius 3 is 1.69 bits per heavy atom. The van der Waals surface area contributed by atoms with Gasteiger partial charge in [0.1, 0.15) is 66.5 Å². The van der Waals surface area contributed by atoms with Crippen molar-refractivity contribution in [2.75, 3.05) is 37.7 Å². The van der Waals surface area contributed by atoms with E-state index in [4.69, 9.17) is 22.9 Å². The highest BCUT2D eigenvalue weighted by atomic mass is 32.1. The predicted molar refractivity (Wildman–Crippen MR) is 376 cm³/mol. The molecule has 6 rings (SSSR count). The lowest BCUT2D eigenvalue weighted by Crippen LogP contribution is -2.61. The summed E-state index contributed by atoms with van der Waals surface area (Å²) in [6.45, 7) is 1.52. The number of benzene rings is 2. The number of aliphatic imine (C=N–C) groups is 1. The second-order valence-electron chi connectivity index (χ2n) is 24.7. The number of imidazole rings is 1. The molecule has 2 aliphatic heterocycles. The highest BCUT2D eigenvalue weighted by Gasteiger charge is 2.45. The van der Waals surface area contributed by atoms with Gasteiger partial charge in [0.2, 0.25) is 70.9 Å². The Morgan fingerprint density at radius 1 is 0.578 bits per heavy atom. The van der Waals surface area contributed by atoms with E-state index in [1.54, 1.807) is 60.8 Å². The fraction of sp³-hybridized carbons (Fsp3) is 0.508. The Labute approximate surface area is 597 Å². The Kier molecular flexibility index (Phi) is 31.8. The van der Waals surface area contributed by atoms with Gasteiger partial charge >= 0.3 is 11.9 Å². The van der Waals surface area contributed by atoms with Crippen molar-refractivity contribution in [1.29, 1.82) is 0 Å². The number of nitrogens with zero attached hydrogens (tertiary/aromatic N) is 4. The van der Waals surface area contributed by atoms with Crippen LogP contribution in [0.3, 0.4) is 0 Å². The van der Waals surface area contributed by atoms with Crippen molar-refractivity contribution in [2.45, 2.75) is 170 Å². The molecule has 4 heterocycles. The Morgan fingerprint density at radius 2 is 1.11 bits per heavy atom. The summed E-state index contributed by atoms with van der Waals surface area (Å²) in [6, 6.07) is 0.0313. The number of aliphatic carboxylic acids is 2. The predicted octanol–water partition coefficient (Wildman–Crippen LogP) is -3.85. The van der Waals surface area contributed by atoms with E-state index in [1.165, 1.54) is 22.3 Å². The average molecular weight is 1460 g/mol. The molecule has 0 radical (unpaired) electrons. The van der Waals surface area contributed by atoms with Crippen molar-refractivity contribution in [3.05, 3.63) is 90.1 Å². The van der Waals surface area contributed by atoms with Gasteiger partial charge in [0.05, 0.1) is 12.7 Å². The molecular formula is C65H91N19O16S2. The molecule has 35 nitrogen and oxygen atoms in total. The van der Waals surface area contributed by atoms with Crippen LogP contribution in [0.1, 0.15) is 101 Å². The van der Waals surface area contributed by atoms with Crippen LogP contribution in [0.25, 0.3) is 10.9 Å². The summed E-state index contributed by atoms with van der Waals surface area (Å²) in [5.41, 5.74) is 24.4. The molecule has 12 amide bonds. The van der Waals surface area contributed by atoms with Crippen molar-refractivity contribution < 1.29 is 77.3 Å². The molecule has 4 aromatic rings. The number of likely N-dealkylation sites (tertiary alicyclic amines) is 2. The first-order valence-corrected chi connectivity index (χ1v) is 34.6. The van der Waals surface area contributed by atoms with Crippen molar-refractivity contribution in [3.8, 4) is 0 Å². The zero-order valence-electron chi connectivity index (χ0n) is 56.2. The van der Waals surface area contributed by atoms with Gasteiger partial charge in [0, 0.05) is 92.7 Å². The smallest absolute Gasteiger partial charge is 0.305 e. The van der Waals surface area contributed by atoms with Crippen LogP contribution >= 0.6 is 25.3 Å². The maximum Gasteiger partial charge on any atom is 0.305 e. The second-order valence-corrected chi connectivity index (χ2v) is 25.4. The van der Waals surface area contributed by atoms with E-state index in [2.05, 4.69) is 93.1 Å². The van der Waals surface area contributed by atoms with E-state index in [1.807, 2.05) is 0 Å². The molecule has 11 atom stereocenters. The van der Waals surface area contributed by atoms with Gasteiger partial charge in [0.25, 0.3) is 0 Å². The normalized spacial score (nSPS) is 16.7. The minimum Gasteiger partial charge on any atom is -0.481 e. The number of nitrogens with one attached hydrogen (secondary N) is 11. The van der Waals surface area contributed by atoms with Gasteiger partial charge in [-0.3, -0.25) is 72.1 Å². The van der Waals surface area contributed by atoms with E-state index in [0.717, 1.165) is 6.92 Å². The molecule has 2 aromatic carbocycles. The maximum absolute atomic E-state index is 15.1. The number of carboxylic acids is 2. The summed E-state index contributed by atoms with van der Waals surface area (Å²) < 4.78 is 0. The summed E-state index contributed by atoms with van der Waals surface area (Å²) >= 11 is 8.60. The Hall–Kier alpha value is -10.3. The first kappa shape index (κ1) is 80.7. The summed E-state index contributed by atoms with van der Waals surface area (Å²) in [5, 5.41) is 42.9. The monoisotopic (exact) mass is 1460 g/mol. The fourth-order valence-corrected chi connectivity index (χ4v) is 12.4. The van der Waals surface area contributed by atoms with E-state index < -0.39 is 169 Å². The number of primary amides is 1. The van der Waals surface area contributed by atoms with Crippen LogP contribution in [-0.4, -0.2) is 228 Å². The number of rotatable bonds is 41. The number of guanidine groups is 1. The largest absolute Gasteiger partial charge is 0.481 e. The molecule has 0 bridgehead atoms. The van der Waals surface area contributed by atoms with Crippen LogP contribution < -0.4 is 70.8 Å². The number of aromatic nitrogens is 3. The highest BCUT2D eigenvalue weighted by molar-refractivity contribution is 7.80. The molecular weight excluding hydrogens is 1370 g/mol. The standard InChI is InChI=1S/C65H91N19O16S2/c1-35(85)74-48(32-101)61(97)76-43(20-21-52(86)87)57(93)81-47(28-38-31-70-34-73-38)60(96)79-45(26-36-12-3-2-4-13-36)58(94)75-42(17-9-23-71-65(68)69)56(92)80-46(27-37-30-72-40-15-6-5-14-39(37)40)59(95)82-49(33-102)63(99)84-25-11-19-51(84)64(100)83-24-10-18-50(83)62(98)77-41(16-7-8-22-66)55(91)78-44(54(67)90)29-53(88)89/h2-6,12-15,30-31,34,41-51,72,101-102H,7-11,16-29,32-33,66H2,1H3,(H2,67,90)(H,70,73)(H,74,85)(H,75,94)(H,76,97)(H,77,98)(H,78,91)(H,79,96)(H,80,92)(H,81,93)(H,82,95)(H,86,87)(H,88,89)(H4,68,69,71)/t41-,42-,43-,44-,45+,46-,47-,48-,49+,50-,51-/m0/s1. The minimum atomic E-state index is -1.59. The first-order chi connectivity index (χ1) is 48.7. The third-order valence-electron chi connectivity index (χ3n) is 17.1. The van der Waals surface area contributed by atoms with Gasteiger partial charge in [-0.05, 0) is 87.9 Å². The lowest BCUT2D eigenvalue weighted by molar-refractivity contribution is -0.148. The molecule has 0 spiro atoms. The summed E-state index contributed by atoms with van der Waals surface area (Å²) in [5.74, 6) is -13.7. The van der Waals surface area contributed by atoms with Crippen LogP contribution in [0.5, 0.6) is 0 Å². The summed E-state index contributed by atoms with van der Waals surface area (Å²) in [6.07, 6.45) is 3.45. The molecule has 0 saturated carbocycles. The third kappa shape index (κ3) is 24.5. The van der Waals surface area contributed by atoms with Crippen LogP contribution in [0.2, 0.25) is 0 Å². The number of hydrogen-bond acceptors (Lipinski definition) is 19. The minimum absolute atomic E-state index is 0.0368. The lowest BCUT2D eigenvalue weighted by atomic mass is 10.0. The van der Waals surface area contributed by atoms with E-state index in [0.29, 0.717) is 53.4 Å². The molecule has 102 heavy (non-hydrogen) atoms. The van der Waals surface area contributed by atoms with Gasteiger partial charge in [-0.2, -0.15) is 25.3 Å². The second kappa shape index (κ2) is 40.2. The number of carbonyl (C=O) groups is 14. The first-order valence-electron chi connectivity index (χ1n) is 33.3. The van der Waals surface area contributed by atoms with Gasteiger partial charge in [0.15, 0.2) is 5.96 Å². The highest BCUT2D eigenvalue weighted by Crippen LogP contribution is 2.27. The molecule has 21 N–H and O–H groups in total. The molecule has 2 saturated heterocycles. The molecule has 2 aliphatic rings. The molecule has 37 heteroatoms. The number of carboxylic acid groups (broad SMARTS) is 2. The van der Waals surface area contributed by atoms with Crippen molar-refractivity contribution >= 4 is 125 Å². The van der Waals surface area contributed by atoms with Gasteiger partial charge < -0.3 is 101 Å². The van der Waals surface area contributed by atoms with Crippen LogP contribution in [0.15, 0.2) is 78.3 Å². The van der Waals surface area contributed by atoms with Crippen LogP contribution in [-0.2, 0) is 86.4 Å². The molecule has 2 aromatic heterocycles. The summed E-state index contributed by atoms with van der Waals surface area (Å²) in [4.78, 5) is 208. The lowest BCUT2D eigenvalue weighted by Gasteiger charge is -2.33. The molecule has 0 aliphatic carbocycles. The van der Waals surface area contributed by atoms with E-state index >= 15 is 14.4 Å². The average Bonchev–Trinajstić information content (AvgIpc) is 1.65. The van der Waals surface area contributed by atoms with Crippen LogP contribution in [0, 0.1) is 0 Å². The maximum atomic E-state index is 15.1. The van der Waals surface area contributed by atoms with E-state index in [-0.39, 0.29) is 95.0 Å². The fourth-order valence-electron chi connectivity index (χ4n) is 11.9. The molecule has 554 valence electrons. The number of hydrogen-bond donors (Lipinski definition) is 19. The number of aromatic amines is 2. The van der Waals surface area contributed by atoms with Crippen molar-refractivity contribution in [3.63, 3.8) is 0 Å². The van der Waals surface area contributed by atoms with Crippen molar-refractivity contribution in [1.82, 2.24) is 72.6 Å². The quantitative estimate of drug-likeness (QED) is 0.00875. The summed E-state index contributed by atoms with van der Waals surface area (Å²) in [7, 11) is 0. The third-order valence-corrected chi connectivity index (χ3v) is 17.8. The number of para-hydroxylation sites is 1. The van der Waals surface area contributed by atoms with Gasteiger partial charge in [-0.1, -0.05) is 48.5 Å². The number of thiol groups is 2. The molecule has 0 unspecified atom stereocenters. The van der Waals surface area contributed by atoms with Gasteiger partial charge in [-0.15, -0.1) is 0 Å².